The molecule has 0 aromatic heterocycles. The van der Waals surface area contributed by atoms with Gasteiger partial charge in [0, 0.05) is 11.4 Å². The number of hydrogen-bond donors (Lipinski definition) is 2. The molecule has 0 aliphatic carbocycles. The minimum absolute atomic E-state index is 0.173. The molecular weight excluding hydrogens is 296 g/mol. The molecule has 21 heavy (non-hydrogen) atoms. The highest BCUT2D eigenvalue weighted by molar-refractivity contribution is 6.84. The van der Waals surface area contributed by atoms with Crippen LogP contribution in [0.1, 0.15) is 18.9 Å². The zero-order valence-electron chi connectivity index (χ0n) is 14.2. The quantitative estimate of drug-likeness (QED) is 0.591. The lowest BCUT2D eigenvalue weighted by Gasteiger charge is -2.37. The lowest BCUT2D eigenvalue weighted by atomic mass is 10.2. The van der Waals surface area contributed by atoms with Crippen LogP contribution < -0.4 is 11.5 Å². The molecule has 1 atom stereocenters. The number of rotatable bonds is 7. The summed E-state index contributed by atoms with van der Waals surface area (Å²) in [4.78, 5) is 0. The first-order valence-electron chi connectivity index (χ1n) is 7.50. The second kappa shape index (κ2) is 6.96. The highest BCUT2D eigenvalue weighted by Gasteiger charge is 2.37. The van der Waals surface area contributed by atoms with E-state index >= 15 is 0 Å². The minimum Gasteiger partial charge on any atom is -0.454 e. The molecule has 0 radical (unpaired) electrons. The normalized spacial score (nSPS) is 14.2. The van der Waals surface area contributed by atoms with Crippen molar-refractivity contribution in [1.29, 1.82) is 0 Å². The molecule has 0 aliphatic heterocycles. The van der Waals surface area contributed by atoms with Crippen LogP contribution in [0.15, 0.2) is 18.2 Å². The SMILES string of the molecule is CCC(OCc1cc(N)cc(N)c1)[Si](C)(C)O[Si](C)(C)C. The van der Waals surface area contributed by atoms with Crippen LogP contribution in [0, 0.1) is 0 Å². The Hall–Kier alpha value is -0.826. The van der Waals surface area contributed by atoms with Gasteiger partial charge in [0.1, 0.15) is 0 Å². The first kappa shape index (κ1) is 18.2. The number of benzene rings is 1. The fourth-order valence-corrected chi connectivity index (χ4v) is 11.0. The van der Waals surface area contributed by atoms with Crippen molar-refractivity contribution in [3.8, 4) is 0 Å². The van der Waals surface area contributed by atoms with Gasteiger partial charge in [0.15, 0.2) is 8.32 Å². The van der Waals surface area contributed by atoms with E-state index in [-0.39, 0.29) is 5.73 Å². The summed E-state index contributed by atoms with van der Waals surface area (Å²) in [6.45, 7) is 13.9. The Bertz CT molecular complexity index is 453. The predicted molar refractivity (Wildman–Crippen MR) is 96.0 cm³/mol. The van der Waals surface area contributed by atoms with E-state index < -0.39 is 16.6 Å². The Morgan fingerprint density at radius 2 is 1.52 bits per heavy atom. The molecule has 0 saturated heterocycles. The minimum atomic E-state index is -1.87. The molecule has 0 aliphatic rings. The average molecular weight is 327 g/mol. The van der Waals surface area contributed by atoms with E-state index in [4.69, 9.17) is 20.3 Å². The topological polar surface area (TPSA) is 70.5 Å². The number of nitrogen functional groups attached to an aromatic ring is 2. The molecule has 1 rings (SSSR count). The van der Waals surface area contributed by atoms with Gasteiger partial charge in [0.05, 0.1) is 12.3 Å². The molecule has 1 aromatic carbocycles. The van der Waals surface area contributed by atoms with Gasteiger partial charge in [-0.15, -0.1) is 0 Å². The predicted octanol–water partition coefficient (Wildman–Crippen LogP) is 3.74. The molecule has 0 heterocycles. The van der Waals surface area contributed by atoms with Crippen LogP contribution in [0.25, 0.3) is 0 Å². The maximum Gasteiger partial charge on any atom is 0.202 e. The second-order valence-corrected chi connectivity index (χ2v) is 15.9. The van der Waals surface area contributed by atoms with E-state index in [1.807, 2.05) is 12.1 Å². The number of nitrogens with two attached hydrogens (primary N) is 2. The van der Waals surface area contributed by atoms with Crippen molar-refractivity contribution in [3.63, 3.8) is 0 Å². The van der Waals surface area contributed by atoms with Crippen LogP contribution in [0.2, 0.25) is 32.7 Å². The zero-order chi connectivity index (χ0) is 16.3. The highest BCUT2D eigenvalue weighted by atomic mass is 28.4. The number of hydrogen-bond acceptors (Lipinski definition) is 4. The molecule has 1 unspecified atom stereocenters. The van der Waals surface area contributed by atoms with E-state index in [0.29, 0.717) is 18.0 Å². The highest BCUT2D eigenvalue weighted by Crippen LogP contribution is 2.23. The molecule has 0 saturated carbocycles. The van der Waals surface area contributed by atoms with E-state index in [1.54, 1.807) is 6.07 Å². The maximum absolute atomic E-state index is 6.42. The van der Waals surface area contributed by atoms with Crippen LogP contribution in [0.3, 0.4) is 0 Å². The Labute approximate surface area is 131 Å². The summed E-state index contributed by atoms with van der Waals surface area (Å²) in [5.41, 5.74) is 14.2. The van der Waals surface area contributed by atoms with Gasteiger partial charge in [-0.1, -0.05) is 6.92 Å². The molecule has 0 amide bonds. The molecule has 1 aromatic rings. The van der Waals surface area contributed by atoms with Crippen molar-refractivity contribution in [2.45, 2.75) is 58.4 Å². The van der Waals surface area contributed by atoms with E-state index in [2.05, 4.69) is 39.7 Å². The number of ether oxygens (including phenoxy) is 1. The first-order valence-corrected chi connectivity index (χ1v) is 13.9. The van der Waals surface area contributed by atoms with Crippen LogP contribution in [0.4, 0.5) is 11.4 Å². The largest absolute Gasteiger partial charge is 0.454 e. The monoisotopic (exact) mass is 326 g/mol. The lowest BCUT2D eigenvalue weighted by Crippen LogP contribution is -2.52. The van der Waals surface area contributed by atoms with E-state index in [9.17, 15) is 0 Å². The fourth-order valence-electron chi connectivity index (χ4n) is 2.69. The maximum atomic E-state index is 6.42. The molecule has 120 valence electrons. The third-order valence-electron chi connectivity index (χ3n) is 3.20. The van der Waals surface area contributed by atoms with E-state index in [1.165, 1.54) is 0 Å². The van der Waals surface area contributed by atoms with Gasteiger partial charge in [-0.25, -0.2) is 0 Å². The lowest BCUT2D eigenvalue weighted by molar-refractivity contribution is 0.0750. The van der Waals surface area contributed by atoms with Crippen molar-refractivity contribution in [2.24, 2.45) is 0 Å². The van der Waals surface area contributed by atoms with Gasteiger partial charge in [-0.05, 0) is 62.9 Å². The molecular formula is C15H30N2O2Si2. The summed E-state index contributed by atoms with van der Waals surface area (Å²) in [7, 11) is -3.43. The molecule has 0 fully saturated rings. The third kappa shape index (κ3) is 6.21. The summed E-state index contributed by atoms with van der Waals surface area (Å²) in [5.74, 6) is 0. The van der Waals surface area contributed by atoms with Gasteiger partial charge in [-0.3, -0.25) is 0 Å². The smallest absolute Gasteiger partial charge is 0.202 e. The molecule has 0 spiro atoms. The van der Waals surface area contributed by atoms with Crippen LogP contribution in [-0.4, -0.2) is 22.4 Å². The molecule has 4 N–H and O–H groups in total. The van der Waals surface area contributed by atoms with Gasteiger partial charge in [0.25, 0.3) is 0 Å². The van der Waals surface area contributed by atoms with Crippen molar-refractivity contribution in [3.05, 3.63) is 23.8 Å². The Morgan fingerprint density at radius 3 is 1.95 bits per heavy atom. The molecule has 0 bridgehead atoms. The summed E-state index contributed by atoms with van der Waals surface area (Å²) >= 11 is 0. The Morgan fingerprint density at radius 1 is 1.00 bits per heavy atom. The first-order chi connectivity index (χ1) is 9.53. The molecule has 4 nitrogen and oxygen atoms in total. The van der Waals surface area contributed by atoms with Gasteiger partial charge in [0.2, 0.25) is 8.32 Å². The average Bonchev–Trinajstić information content (AvgIpc) is 2.24. The van der Waals surface area contributed by atoms with Crippen molar-refractivity contribution >= 4 is 28.0 Å². The van der Waals surface area contributed by atoms with E-state index in [0.717, 1.165) is 12.0 Å². The van der Waals surface area contributed by atoms with Gasteiger partial charge in [-0.2, -0.15) is 0 Å². The summed E-state index contributed by atoms with van der Waals surface area (Å²) < 4.78 is 12.6. The van der Waals surface area contributed by atoms with Crippen molar-refractivity contribution in [1.82, 2.24) is 0 Å². The standard InChI is InChI=1S/C15H30N2O2Si2/c1-7-15(21(5,6)19-20(2,3)4)18-11-12-8-13(16)10-14(17)9-12/h8-10,15H,7,11,16-17H2,1-6H3. The Kier molecular flexibility index (Phi) is 6.04. The van der Waals surface area contributed by atoms with Crippen LogP contribution in [0.5, 0.6) is 0 Å². The number of anilines is 2. The van der Waals surface area contributed by atoms with Crippen LogP contribution in [-0.2, 0) is 15.5 Å². The van der Waals surface area contributed by atoms with Crippen LogP contribution >= 0.6 is 0 Å². The fraction of sp³-hybridized carbons (Fsp3) is 0.600. The van der Waals surface area contributed by atoms with Crippen molar-refractivity contribution in [2.75, 3.05) is 11.5 Å². The second-order valence-electron chi connectivity index (χ2n) is 7.03. The third-order valence-corrected chi connectivity index (χ3v) is 9.88. The zero-order valence-corrected chi connectivity index (χ0v) is 16.2. The summed E-state index contributed by atoms with van der Waals surface area (Å²) in [6, 6.07) is 5.59. The summed E-state index contributed by atoms with van der Waals surface area (Å²) in [5, 5.41) is 0. The summed E-state index contributed by atoms with van der Waals surface area (Å²) in [6.07, 6.45) is 0.960. The van der Waals surface area contributed by atoms with Gasteiger partial charge >= 0.3 is 0 Å². The van der Waals surface area contributed by atoms with Crippen molar-refractivity contribution < 1.29 is 8.85 Å². The van der Waals surface area contributed by atoms with Gasteiger partial charge < -0.3 is 20.3 Å². The molecule has 6 heteroatoms. The Balaban J connectivity index is 2.73.